The van der Waals surface area contributed by atoms with Crippen LogP contribution in [0.5, 0.6) is 0 Å². The van der Waals surface area contributed by atoms with Crippen molar-refractivity contribution >= 4 is 17.9 Å². The van der Waals surface area contributed by atoms with E-state index >= 15 is 0 Å². The standard InChI is InChI=1S/C56H88O6/c1-4-7-10-13-16-19-22-25-26-27-28-29-30-32-34-37-40-43-46-49-55(58)61-52-53(51-60-54(57)48-45-42-39-36-33-24-21-18-15-12-9-6-3)62-56(59)50-47-44-41-38-35-31-23-20-17-14-11-8-5-2/h7,9-10,12-13,16,18-19,21-22,25-32,34-35,53H,4-6,8,11,14-15,17,20,23-24,33,36-52H2,1-3H3/b10-7-,12-9-,16-13-,21-18-,22-19-,26-25-,28-27+,30-29-,34-32-,35-31-. The van der Waals surface area contributed by atoms with E-state index in [-0.39, 0.29) is 37.5 Å². The van der Waals surface area contributed by atoms with Gasteiger partial charge in [-0.2, -0.15) is 0 Å². The largest absolute Gasteiger partial charge is 0.462 e. The number of esters is 3. The Morgan fingerprint density at radius 2 is 0.710 bits per heavy atom. The van der Waals surface area contributed by atoms with Gasteiger partial charge in [-0.15, -0.1) is 0 Å². The van der Waals surface area contributed by atoms with Crippen LogP contribution in [-0.4, -0.2) is 37.2 Å². The van der Waals surface area contributed by atoms with Gasteiger partial charge in [0.2, 0.25) is 0 Å². The summed E-state index contributed by atoms with van der Waals surface area (Å²) in [6.45, 7) is 6.28. The van der Waals surface area contributed by atoms with E-state index in [0.717, 1.165) is 116 Å². The van der Waals surface area contributed by atoms with Crippen molar-refractivity contribution in [3.63, 3.8) is 0 Å². The van der Waals surface area contributed by atoms with Crippen LogP contribution in [0.1, 0.15) is 194 Å². The lowest BCUT2D eigenvalue weighted by atomic mass is 10.1. The molecule has 0 aliphatic heterocycles. The van der Waals surface area contributed by atoms with Crippen LogP contribution in [-0.2, 0) is 28.6 Å². The van der Waals surface area contributed by atoms with Gasteiger partial charge in [0.25, 0.3) is 0 Å². The van der Waals surface area contributed by atoms with Crippen molar-refractivity contribution in [2.45, 2.75) is 200 Å². The monoisotopic (exact) mass is 857 g/mol. The highest BCUT2D eigenvalue weighted by Gasteiger charge is 2.19. The minimum Gasteiger partial charge on any atom is -0.462 e. The highest BCUT2D eigenvalue weighted by molar-refractivity contribution is 5.71. The first-order chi connectivity index (χ1) is 30.5. The van der Waals surface area contributed by atoms with Crippen LogP contribution in [0.4, 0.5) is 0 Å². The number of ether oxygens (including phenoxy) is 3. The molecule has 6 nitrogen and oxygen atoms in total. The summed E-state index contributed by atoms with van der Waals surface area (Å²) in [7, 11) is 0. The molecule has 0 aliphatic carbocycles. The number of rotatable bonds is 42. The maximum absolute atomic E-state index is 12.8. The van der Waals surface area contributed by atoms with Gasteiger partial charge >= 0.3 is 17.9 Å². The summed E-state index contributed by atoms with van der Waals surface area (Å²) in [6, 6.07) is 0. The first kappa shape index (κ1) is 57.8. The summed E-state index contributed by atoms with van der Waals surface area (Å²) in [5, 5.41) is 0. The molecule has 0 saturated carbocycles. The topological polar surface area (TPSA) is 78.9 Å². The minimum absolute atomic E-state index is 0.110. The van der Waals surface area contributed by atoms with E-state index in [0.29, 0.717) is 12.8 Å². The molecule has 0 radical (unpaired) electrons. The number of hydrogen-bond donors (Lipinski definition) is 0. The van der Waals surface area contributed by atoms with Crippen molar-refractivity contribution in [2.75, 3.05) is 13.2 Å². The number of carbonyl (C=O) groups excluding carboxylic acids is 3. The fraction of sp³-hybridized carbons (Fsp3) is 0.589. The summed E-state index contributed by atoms with van der Waals surface area (Å²) < 4.78 is 16.7. The van der Waals surface area contributed by atoms with Crippen molar-refractivity contribution < 1.29 is 28.6 Å². The summed E-state index contributed by atoms with van der Waals surface area (Å²) in [6.07, 6.45) is 67.5. The van der Waals surface area contributed by atoms with E-state index in [1.165, 1.54) is 38.5 Å². The first-order valence-electron chi connectivity index (χ1n) is 24.6. The molecule has 0 rings (SSSR count). The molecular weight excluding hydrogens is 769 g/mol. The molecule has 0 spiro atoms. The molecule has 0 bridgehead atoms. The van der Waals surface area contributed by atoms with Crippen molar-refractivity contribution in [1.82, 2.24) is 0 Å². The number of hydrogen-bond acceptors (Lipinski definition) is 6. The Kier molecular flexibility index (Phi) is 46.1. The maximum Gasteiger partial charge on any atom is 0.306 e. The minimum atomic E-state index is -0.813. The molecule has 0 aromatic rings. The van der Waals surface area contributed by atoms with E-state index in [4.69, 9.17) is 14.2 Å². The zero-order chi connectivity index (χ0) is 45.1. The van der Waals surface area contributed by atoms with Gasteiger partial charge in [-0.25, -0.2) is 0 Å². The quantitative estimate of drug-likeness (QED) is 0.0200. The molecule has 0 saturated heterocycles. The van der Waals surface area contributed by atoms with Gasteiger partial charge in [0.15, 0.2) is 6.10 Å². The number of unbranched alkanes of at least 4 members (excludes halogenated alkanes) is 17. The van der Waals surface area contributed by atoms with Gasteiger partial charge < -0.3 is 14.2 Å². The van der Waals surface area contributed by atoms with Crippen molar-refractivity contribution in [3.8, 4) is 0 Å². The van der Waals surface area contributed by atoms with Gasteiger partial charge in [0.05, 0.1) is 0 Å². The predicted molar refractivity (Wildman–Crippen MR) is 265 cm³/mol. The second-order valence-corrected chi connectivity index (χ2v) is 15.8. The van der Waals surface area contributed by atoms with Crippen LogP contribution < -0.4 is 0 Å². The van der Waals surface area contributed by atoms with E-state index in [2.05, 4.69) is 69.4 Å². The van der Waals surface area contributed by atoms with Crippen LogP contribution in [0.15, 0.2) is 122 Å². The fourth-order valence-corrected chi connectivity index (χ4v) is 6.22. The molecule has 62 heavy (non-hydrogen) atoms. The average Bonchev–Trinajstić information content (AvgIpc) is 3.27. The molecule has 1 atom stereocenters. The van der Waals surface area contributed by atoms with Gasteiger partial charge in [-0.1, -0.05) is 206 Å². The Bertz CT molecular complexity index is 1350. The zero-order valence-electron chi connectivity index (χ0n) is 39.6. The summed E-state index contributed by atoms with van der Waals surface area (Å²) in [4.78, 5) is 37.9. The second kappa shape index (κ2) is 49.5. The molecular formula is C56H88O6. The Balaban J connectivity index is 4.54. The number of allylic oxidation sites excluding steroid dienone is 20. The SMILES string of the molecule is CC\C=C/C=C\C=C/C=C\C=C\C=C/C=C\CCCCCC(=O)OCC(COC(=O)CCCCCCC/C=C\C/C=C\CC)OC(=O)CCCCC/C=C\CCCCCCCC. The lowest BCUT2D eigenvalue weighted by molar-refractivity contribution is -0.167. The Morgan fingerprint density at radius 1 is 0.355 bits per heavy atom. The average molecular weight is 857 g/mol. The first-order valence-corrected chi connectivity index (χ1v) is 24.6. The molecule has 0 amide bonds. The van der Waals surface area contributed by atoms with Gasteiger partial charge in [0, 0.05) is 19.3 Å². The van der Waals surface area contributed by atoms with Crippen LogP contribution in [0.25, 0.3) is 0 Å². The third-order valence-corrected chi connectivity index (χ3v) is 9.88. The van der Waals surface area contributed by atoms with Crippen LogP contribution in [0.2, 0.25) is 0 Å². The van der Waals surface area contributed by atoms with E-state index in [1.54, 1.807) is 0 Å². The second-order valence-electron chi connectivity index (χ2n) is 15.8. The lowest BCUT2D eigenvalue weighted by Gasteiger charge is -2.18. The van der Waals surface area contributed by atoms with Gasteiger partial charge in [-0.3, -0.25) is 14.4 Å². The highest BCUT2D eigenvalue weighted by atomic mass is 16.6. The molecule has 0 N–H and O–H groups in total. The fourth-order valence-electron chi connectivity index (χ4n) is 6.22. The van der Waals surface area contributed by atoms with Crippen molar-refractivity contribution in [3.05, 3.63) is 122 Å². The van der Waals surface area contributed by atoms with Crippen molar-refractivity contribution in [2.24, 2.45) is 0 Å². The summed E-state index contributed by atoms with van der Waals surface area (Å²) in [5.41, 5.74) is 0. The van der Waals surface area contributed by atoms with Gasteiger partial charge in [-0.05, 0) is 89.9 Å². The summed E-state index contributed by atoms with van der Waals surface area (Å²) in [5.74, 6) is -0.997. The van der Waals surface area contributed by atoms with Crippen LogP contribution >= 0.6 is 0 Å². The highest BCUT2D eigenvalue weighted by Crippen LogP contribution is 2.12. The zero-order valence-corrected chi connectivity index (χ0v) is 39.6. The maximum atomic E-state index is 12.8. The van der Waals surface area contributed by atoms with E-state index in [1.807, 2.05) is 72.9 Å². The molecule has 348 valence electrons. The Labute approximate surface area is 380 Å². The van der Waals surface area contributed by atoms with Crippen LogP contribution in [0, 0.1) is 0 Å². The third kappa shape index (κ3) is 46.9. The normalized spacial score (nSPS) is 13.1. The Morgan fingerprint density at radius 3 is 1.19 bits per heavy atom. The van der Waals surface area contributed by atoms with E-state index in [9.17, 15) is 14.4 Å². The van der Waals surface area contributed by atoms with Crippen LogP contribution in [0.3, 0.4) is 0 Å². The predicted octanol–water partition coefficient (Wildman–Crippen LogP) is 16.1. The van der Waals surface area contributed by atoms with Crippen molar-refractivity contribution in [1.29, 1.82) is 0 Å². The molecule has 1 unspecified atom stereocenters. The number of carbonyl (C=O) groups is 3. The molecule has 0 aromatic heterocycles. The molecule has 0 heterocycles. The van der Waals surface area contributed by atoms with Gasteiger partial charge in [0.1, 0.15) is 13.2 Å². The smallest absolute Gasteiger partial charge is 0.306 e. The molecule has 0 aliphatic rings. The molecule has 0 aromatic carbocycles. The van der Waals surface area contributed by atoms with E-state index < -0.39 is 6.10 Å². The molecule has 6 heteroatoms. The summed E-state index contributed by atoms with van der Waals surface area (Å²) >= 11 is 0. The molecule has 0 fully saturated rings. The lowest BCUT2D eigenvalue weighted by Crippen LogP contribution is -2.30. The third-order valence-electron chi connectivity index (χ3n) is 9.88. The Hall–Kier alpha value is -4.19.